The maximum atomic E-state index is 6.44. The Bertz CT molecular complexity index is 612. The lowest BCUT2D eigenvalue weighted by atomic mass is 10.1. The summed E-state index contributed by atoms with van der Waals surface area (Å²) in [7, 11) is 0. The maximum absolute atomic E-state index is 6.44. The molecule has 3 heteroatoms. The molecule has 0 saturated heterocycles. The summed E-state index contributed by atoms with van der Waals surface area (Å²) >= 11 is 6.44. The van der Waals surface area contributed by atoms with E-state index in [0.717, 1.165) is 30.2 Å². The van der Waals surface area contributed by atoms with Gasteiger partial charge < -0.3 is 10.2 Å². The van der Waals surface area contributed by atoms with Crippen molar-refractivity contribution >= 4 is 17.3 Å². The van der Waals surface area contributed by atoms with Crippen LogP contribution in [0.4, 0.5) is 5.69 Å². The van der Waals surface area contributed by atoms with Crippen molar-refractivity contribution in [3.63, 3.8) is 0 Å². The highest BCUT2D eigenvalue weighted by molar-refractivity contribution is 6.31. The Hall–Kier alpha value is -1.51. The molecule has 3 rings (SSSR count). The Morgan fingerprint density at radius 2 is 1.76 bits per heavy atom. The molecule has 2 aromatic rings. The molecule has 21 heavy (non-hydrogen) atoms. The fraction of sp³-hybridized carbons (Fsp3) is 0.333. The van der Waals surface area contributed by atoms with Crippen LogP contribution in [0.15, 0.2) is 42.5 Å². The van der Waals surface area contributed by atoms with Crippen molar-refractivity contribution in [1.29, 1.82) is 0 Å². The van der Waals surface area contributed by atoms with Gasteiger partial charge in [0.2, 0.25) is 0 Å². The summed E-state index contributed by atoms with van der Waals surface area (Å²) in [5.74, 6) is 0. The molecule has 0 unspecified atom stereocenters. The normalized spacial score (nSPS) is 13.8. The van der Waals surface area contributed by atoms with Gasteiger partial charge in [-0.1, -0.05) is 55.8 Å². The fourth-order valence-corrected chi connectivity index (χ4v) is 2.95. The summed E-state index contributed by atoms with van der Waals surface area (Å²) in [6, 6.07) is 15.5. The molecule has 0 fully saturated rings. The highest BCUT2D eigenvalue weighted by Crippen LogP contribution is 2.30. The summed E-state index contributed by atoms with van der Waals surface area (Å²) in [6.07, 6.45) is 0. The van der Waals surface area contributed by atoms with Crippen LogP contribution in [0.1, 0.15) is 30.5 Å². The number of nitrogens with zero attached hydrogens (tertiary/aromatic N) is 1. The van der Waals surface area contributed by atoms with Gasteiger partial charge in [-0.15, -0.1) is 0 Å². The van der Waals surface area contributed by atoms with Crippen molar-refractivity contribution in [2.45, 2.75) is 39.5 Å². The molecule has 0 saturated carbocycles. The van der Waals surface area contributed by atoms with Crippen molar-refractivity contribution in [1.82, 2.24) is 5.32 Å². The lowest BCUT2D eigenvalue weighted by Crippen LogP contribution is -2.22. The monoisotopic (exact) mass is 300 g/mol. The zero-order valence-corrected chi connectivity index (χ0v) is 13.3. The van der Waals surface area contributed by atoms with E-state index in [1.165, 1.54) is 16.8 Å². The number of anilines is 1. The number of halogens is 1. The Labute approximate surface area is 131 Å². The number of benzene rings is 2. The lowest BCUT2D eigenvalue weighted by Gasteiger charge is -2.19. The molecule has 0 bridgehead atoms. The van der Waals surface area contributed by atoms with Crippen molar-refractivity contribution in [2.24, 2.45) is 0 Å². The smallest absolute Gasteiger partial charge is 0.0471 e. The minimum Gasteiger partial charge on any atom is -0.363 e. The molecule has 0 radical (unpaired) electrons. The van der Waals surface area contributed by atoms with E-state index in [4.69, 9.17) is 11.6 Å². The number of rotatable bonds is 4. The van der Waals surface area contributed by atoms with Gasteiger partial charge in [0, 0.05) is 36.4 Å². The second kappa shape index (κ2) is 6.08. The molecular weight excluding hydrogens is 280 g/mol. The van der Waals surface area contributed by atoms with Crippen LogP contribution in [0.3, 0.4) is 0 Å². The summed E-state index contributed by atoms with van der Waals surface area (Å²) < 4.78 is 0. The molecule has 0 aromatic heterocycles. The first-order valence-electron chi connectivity index (χ1n) is 7.47. The van der Waals surface area contributed by atoms with Gasteiger partial charge in [-0.25, -0.2) is 0 Å². The molecule has 2 aromatic carbocycles. The van der Waals surface area contributed by atoms with Crippen LogP contribution >= 0.6 is 11.6 Å². The van der Waals surface area contributed by atoms with E-state index in [-0.39, 0.29) is 0 Å². The van der Waals surface area contributed by atoms with Crippen LogP contribution in [0, 0.1) is 0 Å². The molecular formula is C18H21ClN2. The van der Waals surface area contributed by atoms with Crippen LogP contribution in [0.5, 0.6) is 0 Å². The van der Waals surface area contributed by atoms with Gasteiger partial charge in [-0.3, -0.25) is 0 Å². The van der Waals surface area contributed by atoms with E-state index in [9.17, 15) is 0 Å². The average Bonchev–Trinajstić information content (AvgIpc) is 2.89. The topological polar surface area (TPSA) is 15.3 Å². The molecule has 0 spiro atoms. The highest BCUT2D eigenvalue weighted by atomic mass is 35.5. The molecule has 1 aliphatic rings. The zero-order valence-electron chi connectivity index (χ0n) is 12.6. The second-order valence-corrected chi connectivity index (χ2v) is 6.34. The number of hydrogen-bond donors (Lipinski definition) is 1. The van der Waals surface area contributed by atoms with Gasteiger partial charge in [0.15, 0.2) is 0 Å². The quantitative estimate of drug-likeness (QED) is 0.902. The van der Waals surface area contributed by atoms with Crippen LogP contribution < -0.4 is 10.2 Å². The molecule has 1 heterocycles. The van der Waals surface area contributed by atoms with Gasteiger partial charge in [-0.05, 0) is 28.8 Å². The Balaban J connectivity index is 1.75. The van der Waals surface area contributed by atoms with E-state index < -0.39 is 0 Å². The van der Waals surface area contributed by atoms with Crippen molar-refractivity contribution in [2.75, 3.05) is 4.90 Å². The SMILES string of the molecule is CC(C)NCc1ccc(N2Cc3ccccc3C2)cc1Cl. The van der Waals surface area contributed by atoms with Gasteiger partial charge in [0.1, 0.15) is 0 Å². The first kappa shape index (κ1) is 14.4. The third-order valence-electron chi connectivity index (χ3n) is 3.94. The molecule has 0 aliphatic carbocycles. The third kappa shape index (κ3) is 3.22. The first-order chi connectivity index (χ1) is 10.1. The molecule has 2 nitrogen and oxygen atoms in total. The predicted octanol–water partition coefficient (Wildman–Crippen LogP) is 4.36. The van der Waals surface area contributed by atoms with Crippen LogP contribution in [0.2, 0.25) is 5.02 Å². The Kier molecular flexibility index (Phi) is 4.18. The average molecular weight is 301 g/mol. The van der Waals surface area contributed by atoms with Gasteiger partial charge >= 0.3 is 0 Å². The van der Waals surface area contributed by atoms with E-state index in [0.29, 0.717) is 6.04 Å². The van der Waals surface area contributed by atoms with Gasteiger partial charge in [0.25, 0.3) is 0 Å². The second-order valence-electron chi connectivity index (χ2n) is 5.94. The summed E-state index contributed by atoms with van der Waals surface area (Å²) in [5.41, 5.74) is 5.19. The molecule has 110 valence electrons. The van der Waals surface area contributed by atoms with Gasteiger partial charge in [-0.2, -0.15) is 0 Å². The Morgan fingerprint density at radius 1 is 1.10 bits per heavy atom. The summed E-state index contributed by atoms with van der Waals surface area (Å²) in [4.78, 5) is 2.37. The van der Waals surface area contributed by atoms with E-state index in [2.05, 4.69) is 66.5 Å². The molecule has 0 atom stereocenters. The fourth-order valence-electron chi connectivity index (χ4n) is 2.71. The van der Waals surface area contributed by atoms with Crippen LogP contribution in [-0.2, 0) is 19.6 Å². The molecule has 1 N–H and O–H groups in total. The number of fused-ring (bicyclic) bond motifs is 1. The van der Waals surface area contributed by atoms with Crippen LogP contribution in [0.25, 0.3) is 0 Å². The van der Waals surface area contributed by atoms with Crippen LogP contribution in [-0.4, -0.2) is 6.04 Å². The van der Waals surface area contributed by atoms with E-state index in [1.54, 1.807) is 0 Å². The molecule has 0 amide bonds. The standard InChI is InChI=1S/C18H21ClN2/c1-13(2)20-10-14-7-8-17(9-18(14)19)21-11-15-5-3-4-6-16(15)12-21/h3-9,13,20H,10-12H2,1-2H3. The van der Waals surface area contributed by atoms with Crippen molar-refractivity contribution in [3.8, 4) is 0 Å². The lowest BCUT2D eigenvalue weighted by molar-refractivity contribution is 0.589. The Morgan fingerprint density at radius 3 is 2.33 bits per heavy atom. The highest BCUT2D eigenvalue weighted by Gasteiger charge is 2.19. The summed E-state index contributed by atoms with van der Waals surface area (Å²) in [5, 5.41) is 4.25. The van der Waals surface area contributed by atoms with Crippen molar-refractivity contribution in [3.05, 3.63) is 64.2 Å². The summed E-state index contributed by atoms with van der Waals surface area (Å²) in [6.45, 7) is 7.04. The third-order valence-corrected chi connectivity index (χ3v) is 4.30. The number of nitrogens with one attached hydrogen (secondary N) is 1. The van der Waals surface area contributed by atoms with Gasteiger partial charge in [0.05, 0.1) is 0 Å². The zero-order chi connectivity index (χ0) is 14.8. The predicted molar refractivity (Wildman–Crippen MR) is 89.8 cm³/mol. The van der Waals surface area contributed by atoms with E-state index >= 15 is 0 Å². The largest absolute Gasteiger partial charge is 0.363 e. The minimum absolute atomic E-state index is 0.467. The maximum Gasteiger partial charge on any atom is 0.0471 e. The minimum atomic E-state index is 0.467. The van der Waals surface area contributed by atoms with E-state index in [1.807, 2.05) is 0 Å². The van der Waals surface area contributed by atoms with Crippen molar-refractivity contribution < 1.29 is 0 Å². The number of hydrogen-bond acceptors (Lipinski definition) is 2. The molecule has 1 aliphatic heterocycles. The first-order valence-corrected chi connectivity index (χ1v) is 7.85.